The Hall–Kier alpha value is -4.99. The minimum absolute atomic E-state index is 0.0229. The highest BCUT2D eigenvalue weighted by Gasteiger charge is 2.37. The van der Waals surface area contributed by atoms with Gasteiger partial charge in [-0.1, -0.05) is 6.92 Å². The van der Waals surface area contributed by atoms with Gasteiger partial charge in [0.05, 0.1) is 17.5 Å². The number of nitrogens with one attached hydrogen (secondary N) is 4. The van der Waals surface area contributed by atoms with E-state index in [1.165, 1.54) is 29.2 Å². The molecule has 1 aliphatic rings. The number of carboxylic acid groups (broad SMARTS) is 1. The Kier molecular flexibility index (Phi) is 10.7. The zero-order chi connectivity index (χ0) is 32.6. The van der Waals surface area contributed by atoms with Gasteiger partial charge in [0, 0.05) is 54.9 Å². The van der Waals surface area contributed by atoms with Crippen LogP contribution in [0.25, 0.3) is 16.9 Å². The predicted octanol–water partition coefficient (Wildman–Crippen LogP) is 3.51. The molecule has 5 rings (SSSR count). The number of benzene rings is 1. The van der Waals surface area contributed by atoms with E-state index in [0.29, 0.717) is 48.6 Å². The maximum atomic E-state index is 13.4. The van der Waals surface area contributed by atoms with Crippen molar-refractivity contribution >= 4 is 35.4 Å². The van der Waals surface area contributed by atoms with Crippen molar-refractivity contribution in [2.24, 2.45) is 11.7 Å². The topological polar surface area (TPSA) is 192 Å². The Labute approximate surface area is 255 Å². The van der Waals surface area contributed by atoms with Crippen LogP contribution in [0.2, 0.25) is 0 Å². The van der Waals surface area contributed by atoms with Crippen molar-refractivity contribution in [2.75, 3.05) is 18.4 Å². The average molecular weight is 630 g/mol. The number of aromatic nitrogens is 5. The van der Waals surface area contributed by atoms with Gasteiger partial charge < -0.3 is 26.8 Å². The summed E-state index contributed by atoms with van der Waals surface area (Å²) >= 11 is 0. The molecule has 0 saturated heterocycles. The third-order valence-electron chi connectivity index (χ3n) is 7.39. The van der Waals surface area contributed by atoms with Crippen molar-refractivity contribution in [1.82, 2.24) is 35.2 Å². The van der Waals surface area contributed by atoms with Gasteiger partial charge in [0.1, 0.15) is 0 Å². The number of alkyl halides is 3. The lowest BCUT2D eigenvalue weighted by molar-refractivity contribution is -0.140. The van der Waals surface area contributed by atoms with E-state index in [4.69, 9.17) is 15.6 Å². The van der Waals surface area contributed by atoms with E-state index in [1.54, 1.807) is 12.1 Å². The Balaban J connectivity index is 0.00000148. The van der Waals surface area contributed by atoms with Crippen LogP contribution in [0.4, 0.5) is 24.7 Å². The van der Waals surface area contributed by atoms with Crippen LogP contribution in [0.3, 0.4) is 0 Å². The van der Waals surface area contributed by atoms with Crippen molar-refractivity contribution in [3.05, 3.63) is 59.8 Å². The molecule has 0 spiro atoms. The van der Waals surface area contributed by atoms with Crippen LogP contribution in [0.5, 0.6) is 0 Å². The first-order valence-electron chi connectivity index (χ1n) is 14.3. The van der Waals surface area contributed by atoms with Gasteiger partial charge in [-0.3, -0.25) is 23.9 Å². The van der Waals surface area contributed by atoms with E-state index in [0.717, 1.165) is 24.8 Å². The Morgan fingerprint density at radius 3 is 2.64 bits per heavy atom. The fraction of sp³-hybridized carbons (Fsp3) is 0.379. The molecule has 2 amide bonds. The van der Waals surface area contributed by atoms with Gasteiger partial charge in [0.2, 0.25) is 5.91 Å². The standard InChI is InChI=1S/C28H32F3N9O2.CH2O2/c1-2-16-13-19(6-7-20(16)27(42)35-9-3-8-34-26(41)17-4-5-18(32)12-17)38-24-25-36-15-22(40(25)11-10-33-24)21-14-37-39-23(21)28(29,30)31;2-1-3/h6-7,10-11,13-15,17-18H,2-5,8-9,12,32H2,1H3,(H,33,38)(H,34,41)(H,35,42)(H,37,39);1H,(H,2,3)/t17-,18+;/m1./s1. The number of H-pyrrole nitrogens is 1. The molecular weight excluding hydrogens is 595 g/mol. The van der Waals surface area contributed by atoms with Crippen LogP contribution >= 0.6 is 0 Å². The van der Waals surface area contributed by atoms with Crippen molar-refractivity contribution in [1.29, 1.82) is 0 Å². The highest BCUT2D eigenvalue weighted by Crippen LogP contribution is 2.36. The molecule has 2 atom stereocenters. The third kappa shape index (κ3) is 7.94. The molecule has 1 aromatic carbocycles. The number of fused-ring (bicyclic) bond motifs is 1. The number of imidazole rings is 1. The monoisotopic (exact) mass is 629 g/mol. The maximum absolute atomic E-state index is 13.4. The summed E-state index contributed by atoms with van der Waals surface area (Å²) in [5.74, 6) is 0.118. The summed E-state index contributed by atoms with van der Waals surface area (Å²) in [6, 6.07) is 5.36. The molecule has 1 saturated carbocycles. The summed E-state index contributed by atoms with van der Waals surface area (Å²) in [6.45, 7) is 2.57. The van der Waals surface area contributed by atoms with Crippen molar-refractivity contribution < 1.29 is 32.7 Å². The molecule has 4 aromatic rings. The molecule has 1 fully saturated rings. The lowest BCUT2D eigenvalue weighted by Crippen LogP contribution is -2.33. The predicted molar refractivity (Wildman–Crippen MR) is 159 cm³/mol. The molecule has 0 unspecified atom stereocenters. The molecule has 0 bridgehead atoms. The number of halogens is 3. The fourth-order valence-corrected chi connectivity index (χ4v) is 5.23. The number of rotatable bonds is 10. The molecular formula is C29H34F3N9O4. The van der Waals surface area contributed by atoms with Gasteiger partial charge in [-0.15, -0.1) is 0 Å². The van der Waals surface area contributed by atoms with Crippen LogP contribution < -0.4 is 21.7 Å². The molecule has 16 heteroatoms. The number of carbonyl (C=O) groups is 3. The second kappa shape index (κ2) is 14.7. The quantitative estimate of drug-likeness (QED) is 0.113. The first-order chi connectivity index (χ1) is 21.6. The zero-order valence-electron chi connectivity index (χ0n) is 24.4. The maximum Gasteiger partial charge on any atom is 0.435 e. The number of nitrogens with two attached hydrogens (primary N) is 1. The molecule has 0 radical (unpaired) electrons. The summed E-state index contributed by atoms with van der Waals surface area (Å²) in [4.78, 5) is 42.1. The van der Waals surface area contributed by atoms with Crippen LogP contribution in [0.1, 0.15) is 54.2 Å². The smallest absolute Gasteiger partial charge is 0.435 e. The Morgan fingerprint density at radius 1 is 1.20 bits per heavy atom. The fourth-order valence-electron chi connectivity index (χ4n) is 5.23. The highest BCUT2D eigenvalue weighted by molar-refractivity contribution is 5.96. The number of amides is 2. The third-order valence-corrected chi connectivity index (χ3v) is 7.39. The number of anilines is 2. The second-order valence-electron chi connectivity index (χ2n) is 10.4. The van der Waals surface area contributed by atoms with Crippen LogP contribution in [-0.2, 0) is 22.2 Å². The van der Waals surface area contributed by atoms with E-state index in [2.05, 4.69) is 36.1 Å². The van der Waals surface area contributed by atoms with Gasteiger partial charge in [-0.05, 0) is 55.9 Å². The van der Waals surface area contributed by atoms with Gasteiger partial charge in [0.15, 0.2) is 17.2 Å². The largest absolute Gasteiger partial charge is 0.483 e. The Morgan fingerprint density at radius 2 is 1.96 bits per heavy atom. The Bertz CT molecular complexity index is 1640. The summed E-state index contributed by atoms with van der Waals surface area (Å²) in [7, 11) is 0. The van der Waals surface area contributed by atoms with Gasteiger partial charge in [-0.2, -0.15) is 18.3 Å². The van der Waals surface area contributed by atoms with Crippen LogP contribution in [0.15, 0.2) is 43.0 Å². The van der Waals surface area contributed by atoms with E-state index in [1.807, 2.05) is 13.0 Å². The highest BCUT2D eigenvalue weighted by atomic mass is 19.4. The van der Waals surface area contributed by atoms with Gasteiger partial charge in [-0.25, -0.2) is 9.97 Å². The molecule has 1 aliphatic carbocycles. The summed E-state index contributed by atoms with van der Waals surface area (Å²) in [6.07, 6.45) is 4.47. The normalized spacial score (nSPS) is 16.1. The number of aromatic amines is 1. The number of nitrogens with zero attached hydrogens (tertiary/aromatic N) is 4. The van der Waals surface area contributed by atoms with E-state index in [9.17, 15) is 22.8 Å². The van der Waals surface area contributed by atoms with E-state index < -0.39 is 11.9 Å². The van der Waals surface area contributed by atoms with Crippen molar-refractivity contribution in [3.63, 3.8) is 0 Å². The lowest BCUT2D eigenvalue weighted by Gasteiger charge is -2.13. The first kappa shape index (κ1) is 32.9. The van der Waals surface area contributed by atoms with Gasteiger partial charge >= 0.3 is 6.18 Å². The minimum atomic E-state index is -4.63. The SMILES string of the molecule is CCc1cc(Nc2nccn3c(-c4c[nH]nc4C(F)(F)F)cnc23)ccc1C(=O)NCCCNC(=O)[C@@H]1CC[C@H](N)C1.O=CO. The van der Waals surface area contributed by atoms with E-state index >= 15 is 0 Å². The number of carbonyl (C=O) groups excluding carboxylic acids is 2. The molecule has 3 heterocycles. The number of hydrogen-bond acceptors (Lipinski definition) is 8. The van der Waals surface area contributed by atoms with Crippen molar-refractivity contribution in [3.8, 4) is 11.3 Å². The first-order valence-corrected chi connectivity index (χ1v) is 14.3. The molecule has 13 nitrogen and oxygen atoms in total. The number of hydrogen-bond donors (Lipinski definition) is 6. The number of aryl methyl sites for hydroxylation is 1. The summed E-state index contributed by atoms with van der Waals surface area (Å²) in [5.41, 5.74) is 7.22. The molecule has 45 heavy (non-hydrogen) atoms. The lowest BCUT2D eigenvalue weighted by atomic mass is 10.0. The van der Waals surface area contributed by atoms with Crippen LogP contribution in [-0.4, -0.2) is 67.1 Å². The summed E-state index contributed by atoms with van der Waals surface area (Å²) in [5, 5.41) is 21.5. The van der Waals surface area contributed by atoms with E-state index in [-0.39, 0.29) is 41.5 Å². The molecule has 3 aromatic heterocycles. The minimum Gasteiger partial charge on any atom is -0.483 e. The van der Waals surface area contributed by atoms with Crippen LogP contribution in [0, 0.1) is 5.92 Å². The second-order valence-corrected chi connectivity index (χ2v) is 10.4. The molecule has 7 N–H and O–H groups in total. The van der Waals surface area contributed by atoms with Crippen molar-refractivity contribution in [2.45, 2.75) is 51.2 Å². The average Bonchev–Trinajstić information content (AvgIpc) is 3.77. The molecule has 240 valence electrons. The summed E-state index contributed by atoms with van der Waals surface area (Å²) < 4.78 is 41.7. The zero-order valence-corrected chi connectivity index (χ0v) is 24.4. The van der Waals surface area contributed by atoms with Gasteiger partial charge in [0.25, 0.3) is 12.4 Å². The molecule has 0 aliphatic heterocycles.